The molecule has 0 radical (unpaired) electrons. The van der Waals surface area contributed by atoms with Crippen molar-refractivity contribution in [2.75, 3.05) is 0 Å². The van der Waals surface area contributed by atoms with Crippen LogP contribution in [0.15, 0.2) is 53.3 Å². The molecule has 0 bridgehead atoms. The quantitative estimate of drug-likeness (QED) is 0.747. The summed E-state index contributed by atoms with van der Waals surface area (Å²) in [7, 11) is 0. The number of carbonyl (C=O) groups excluding carboxylic acids is 1. The van der Waals surface area contributed by atoms with Gasteiger partial charge in [0.2, 0.25) is 0 Å². The molecule has 6 nitrogen and oxygen atoms in total. The second-order valence-electron chi connectivity index (χ2n) is 5.63. The average molecular weight is 337 g/mol. The molecule has 0 unspecified atom stereocenters. The van der Waals surface area contributed by atoms with Crippen LogP contribution >= 0.6 is 0 Å². The fourth-order valence-corrected chi connectivity index (χ4v) is 2.42. The smallest absolute Gasteiger partial charge is 0.255 e. The molecule has 1 N–H and O–H groups in total. The third kappa shape index (κ3) is 4.03. The zero-order valence-corrected chi connectivity index (χ0v) is 14.2. The fraction of sp³-hybridized carbons (Fsp3) is 0.211. The van der Waals surface area contributed by atoms with Gasteiger partial charge in [-0.3, -0.25) is 9.78 Å². The van der Waals surface area contributed by atoms with Gasteiger partial charge in [0.05, 0.1) is 16.8 Å². The van der Waals surface area contributed by atoms with Gasteiger partial charge in [0.25, 0.3) is 5.91 Å². The van der Waals surface area contributed by atoms with Crippen LogP contribution in [0.4, 0.5) is 0 Å². The number of aromatic nitrogens is 2. The summed E-state index contributed by atoms with van der Waals surface area (Å²) in [5.74, 6) is 1.04. The topological polar surface area (TPSA) is 77.2 Å². The van der Waals surface area contributed by atoms with E-state index >= 15 is 0 Å². The molecule has 0 saturated carbocycles. The van der Waals surface area contributed by atoms with E-state index in [4.69, 9.17) is 9.26 Å². The summed E-state index contributed by atoms with van der Waals surface area (Å²) < 4.78 is 11.0. The Morgan fingerprint density at radius 1 is 1.20 bits per heavy atom. The second kappa shape index (κ2) is 7.61. The molecule has 3 aromatic rings. The van der Waals surface area contributed by atoms with Crippen LogP contribution in [0.2, 0.25) is 0 Å². The molecular weight excluding hydrogens is 318 g/mol. The summed E-state index contributed by atoms with van der Waals surface area (Å²) in [6, 6.07) is 10.9. The summed E-state index contributed by atoms with van der Waals surface area (Å²) in [5.41, 5.74) is 3.10. The third-order valence-electron chi connectivity index (χ3n) is 3.86. The van der Waals surface area contributed by atoms with Crippen molar-refractivity contribution in [1.29, 1.82) is 0 Å². The van der Waals surface area contributed by atoms with Crippen molar-refractivity contribution in [3.05, 3.63) is 76.9 Å². The molecule has 0 fully saturated rings. The summed E-state index contributed by atoms with van der Waals surface area (Å²) in [6.45, 7) is 4.41. The molecule has 0 atom stereocenters. The van der Waals surface area contributed by atoms with Crippen molar-refractivity contribution in [3.63, 3.8) is 0 Å². The lowest BCUT2D eigenvalue weighted by molar-refractivity contribution is 0.0946. The Hall–Kier alpha value is -3.15. The molecule has 0 aliphatic rings. The van der Waals surface area contributed by atoms with E-state index in [2.05, 4.69) is 15.5 Å². The van der Waals surface area contributed by atoms with Gasteiger partial charge < -0.3 is 14.6 Å². The Kier molecular flexibility index (Phi) is 5.09. The molecule has 0 spiro atoms. The molecule has 2 aromatic heterocycles. The van der Waals surface area contributed by atoms with Gasteiger partial charge in [0.1, 0.15) is 18.1 Å². The number of nitrogens with zero attached hydrogens (tertiary/aromatic N) is 2. The van der Waals surface area contributed by atoms with Gasteiger partial charge in [-0.1, -0.05) is 23.4 Å². The number of amides is 1. The first-order valence-corrected chi connectivity index (χ1v) is 7.96. The number of carbonyl (C=O) groups is 1. The normalized spacial score (nSPS) is 10.5. The minimum absolute atomic E-state index is 0.196. The molecule has 2 heterocycles. The maximum Gasteiger partial charge on any atom is 0.255 e. The molecule has 1 amide bonds. The van der Waals surface area contributed by atoms with E-state index in [-0.39, 0.29) is 5.91 Å². The average Bonchev–Trinajstić information content (AvgIpc) is 2.97. The molecule has 128 valence electrons. The Bertz CT molecular complexity index is 840. The lowest BCUT2D eigenvalue weighted by Gasteiger charge is -2.11. The first-order valence-electron chi connectivity index (χ1n) is 7.96. The highest BCUT2D eigenvalue weighted by Gasteiger charge is 2.14. The van der Waals surface area contributed by atoms with Gasteiger partial charge in [-0.15, -0.1) is 0 Å². The van der Waals surface area contributed by atoms with Crippen molar-refractivity contribution in [3.8, 4) is 5.75 Å². The van der Waals surface area contributed by atoms with Crippen molar-refractivity contribution in [2.45, 2.75) is 27.0 Å². The van der Waals surface area contributed by atoms with Gasteiger partial charge in [0, 0.05) is 18.9 Å². The molecule has 0 aliphatic heterocycles. The van der Waals surface area contributed by atoms with Crippen molar-refractivity contribution >= 4 is 5.91 Å². The Morgan fingerprint density at radius 3 is 2.76 bits per heavy atom. The predicted octanol–water partition coefficient (Wildman–Crippen LogP) is 3.20. The van der Waals surface area contributed by atoms with Gasteiger partial charge in [-0.05, 0) is 37.6 Å². The van der Waals surface area contributed by atoms with Gasteiger partial charge >= 0.3 is 0 Å². The molecule has 6 heteroatoms. The van der Waals surface area contributed by atoms with Gasteiger partial charge in [-0.25, -0.2) is 0 Å². The highest BCUT2D eigenvalue weighted by Crippen LogP contribution is 2.21. The minimum Gasteiger partial charge on any atom is -0.488 e. The molecular formula is C19H19N3O3. The van der Waals surface area contributed by atoms with E-state index in [1.54, 1.807) is 24.5 Å². The van der Waals surface area contributed by atoms with Crippen LogP contribution in [0, 0.1) is 13.8 Å². The summed E-state index contributed by atoms with van der Waals surface area (Å²) >= 11 is 0. The zero-order valence-electron chi connectivity index (χ0n) is 14.2. The second-order valence-corrected chi connectivity index (χ2v) is 5.63. The van der Waals surface area contributed by atoms with Crippen LogP contribution in [-0.4, -0.2) is 16.0 Å². The molecule has 0 saturated heterocycles. The highest BCUT2D eigenvalue weighted by atomic mass is 16.5. The summed E-state index contributed by atoms with van der Waals surface area (Å²) in [5, 5.41) is 6.79. The predicted molar refractivity (Wildman–Crippen MR) is 92.2 cm³/mol. The monoisotopic (exact) mass is 337 g/mol. The van der Waals surface area contributed by atoms with Crippen molar-refractivity contribution in [1.82, 2.24) is 15.5 Å². The van der Waals surface area contributed by atoms with E-state index in [0.29, 0.717) is 24.5 Å². The highest BCUT2D eigenvalue weighted by molar-refractivity contribution is 5.96. The number of nitrogens with one attached hydrogen (secondary N) is 1. The number of benzene rings is 1. The SMILES string of the molecule is Cc1noc(C)c1COc1ccccc1C(=O)NCc1cccnc1. The van der Waals surface area contributed by atoms with E-state index in [9.17, 15) is 4.79 Å². The van der Waals surface area contributed by atoms with E-state index < -0.39 is 0 Å². The number of rotatable bonds is 6. The standard InChI is InChI=1S/C19H19N3O3/c1-13-17(14(2)25-22-13)12-24-18-8-4-3-7-16(18)19(23)21-11-15-6-5-9-20-10-15/h3-10H,11-12H2,1-2H3,(H,21,23). The van der Waals surface area contributed by atoms with E-state index in [0.717, 1.165) is 22.6 Å². The molecule has 0 aliphatic carbocycles. The maximum absolute atomic E-state index is 12.5. The fourth-order valence-electron chi connectivity index (χ4n) is 2.42. The van der Waals surface area contributed by atoms with Crippen LogP contribution in [0.5, 0.6) is 5.75 Å². The third-order valence-corrected chi connectivity index (χ3v) is 3.86. The Balaban J connectivity index is 1.69. The van der Waals surface area contributed by atoms with Crippen LogP contribution in [0.25, 0.3) is 0 Å². The summed E-state index contributed by atoms with van der Waals surface area (Å²) in [4.78, 5) is 16.5. The first-order chi connectivity index (χ1) is 12.1. The molecule has 25 heavy (non-hydrogen) atoms. The number of hydrogen-bond acceptors (Lipinski definition) is 5. The largest absolute Gasteiger partial charge is 0.488 e. The van der Waals surface area contributed by atoms with Gasteiger partial charge in [-0.2, -0.15) is 0 Å². The number of pyridine rings is 1. The Labute approximate surface area is 145 Å². The number of aryl methyl sites for hydroxylation is 2. The van der Waals surface area contributed by atoms with E-state index in [1.807, 2.05) is 38.1 Å². The maximum atomic E-state index is 12.5. The Morgan fingerprint density at radius 2 is 2.04 bits per heavy atom. The van der Waals surface area contributed by atoms with Crippen molar-refractivity contribution < 1.29 is 14.1 Å². The lowest BCUT2D eigenvalue weighted by Crippen LogP contribution is -2.23. The van der Waals surface area contributed by atoms with Crippen LogP contribution in [0.1, 0.15) is 32.9 Å². The van der Waals surface area contributed by atoms with Crippen LogP contribution in [-0.2, 0) is 13.2 Å². The molecule has 1 aromatic carbocycles. The van der Waals surface area contributed by atoms with E-state index in [1.165, 1.54) is 0 Å². The van der Waals surface area contributed by atoms with Crippen LogP contribution < -0.4 is 10.1 Å². The first kappa shape index (κ1) is 16.7. The number of para-hydroxylation sites is 1. The minimum atomic E-state index is -0.196. The number of hydrogen-bond donors (Lipinski definition) is 1. The van der Waals surface area contributed by atoms with Crippen molar-refractivity contribution in [2.24, 2.45) is 0 Å². The summed E-state index contributed by atoms with van der Waals surface area (Å²) in [6.07, 6.45) is 3.42. The number of ether oxygens (including phenoxy) is 1. The lowest BCUT2D eigenvalue weighted by atomic mass is 10.1. The van der Waals surface area contributed by atoms with Gasteiger partial charge in [0.15, 0.2) is 0 Å². The molecule has 3 rings (SSSR count). The zero-order chi connectivity index (χ0) is 17.6. The van der Waals surface area contributed by atoms with Crippen LogP contribution in [0.3, 0.4) is 0 Å².